The minimum Gasteiger partial charge on any atom is -0.309 e. The molecular weight excluding hydrogens is 264 g/mol. The Morgan fingerprint density at radius 1 is 1.15 bits per heavy atom. The van der Waals surface area contributed by atoms with Gasteiger partial charge < -0.3 is 5.32 Å². The van der Waals surface area contributed by atoms with Crippen LogP contribution in [0.4, 0.5) is 0 Å². The lowest BCUT2D eigenvalue weighted by atomic mass is 10.0. The van der Waals surface area contributed by atoms with Crippen molar-refractivity contribution in [2.75, 3.05) is 18.1 Å². The summed E-state index contributed by atoms with van der Waals surface area (Å²) in [5.41, 5.74) is 1.32. The predicted molar refractivity (Wildman–Crippen MR) is 90.3 cm³/mol. The van der Waals surface area contributed by atoms with Crippen LogP contribution in [0.1, 0.15) is 32.4 Å². The molecule has 0 bridgehead atoms. The van der Waals surface area contributed by atoms with Gasteiger partial charge in [-0.25, -0.2) is 0 Å². The van der Waals surface area contributed by atoms with Gasteiger partial charge in [-0.2, -0.15) is 11.8 Å². The molecule has 1 heterocycles. The van der Waals surface area contributed by atoms with E-state index in [9.17, 15) is 0 Å². The lowest BCUT2D eigenvalue weighted by Gasteiger charge is -2.20. The summed E-state index contributed by atoms with van der Waals surface area (Å²) in [4.78, 5) is 4.41. The van der Waals surface area contributed by atoms with Crippen molar-refractivity contribution in [2.24, 2.45) is 5.92 Å². The van der Waals surface area contributed by atoms with Crippen LogP contribution < -0.4 is 5.32 Å². The quantitative estimate of drug-likeness (QED) is 0.823. The lowest BCUT2D eigenvalue weighted by Crippen LogP contribution is -2.23. The first-order valence-corrected chi connectivity index (χ1v) is 8.51. The van der Waals surface area contributed by atoms with Crippen LogP contribution in [-0.2, 0) is 0 Å². The van der Waals surface area contributed by atoms with E-state index >= 15 is 0 Å². The van der Waals surface area contributed by atoms with E-state index in [0.29, 0.717) is 6.04 Å². The fourth-order valence-corrected chi connectivity index (χ4v) is 3.48. The highest BCUT2D eigenvalue weighted by Gasteiger charge is 2.14. The third-order valence-electron chi connectivity index (χ3n) is 3.26. The zero-order chi connectivity index (χ0) is 14.4. The number of thioether (sulfide) groups is 1. The maximum Gasteiger partial charge on any atom is 0.0433 e. The monoisotopic (exact) mass is 288 g/mol. The second-order valence-electron chi connectivity index (χ2n) is 5.49. The van der Waals surface area contributed by atoms with Crippen molar-refractivity contribution in [3.8, 4) is 0 Å². The molecule has 20 heavy (non-hydrogen) atoms. The highest BCUT2D eigenvalue weighted by molar-refractivity contribution is 7.99. The molecule has 0 aliphatic heterocycles. The summed E-state index contributed by atoms with van der Waals surface area (Å²) in [6.07, 6.45) is 3.97. The number of aromatic nitrogens is 1. The Bertz CT molecular complexity index is 534. The average Bonchev–Trinajstić information content (AvgIpc) is 2.45. The van der Waals surface area contributed by atoms with Gasteiger partial charge in [-0.15, -0.1) is 0 Å². The van der Waals surface area contributed by atoms with E-state index < -0.39 is 0 Å². The Hall–Kier alpha value is -1.06. The van der Waals surface area contributed by atoms with Gasteiger partial charge in [0, 0.05) is 29.6 Å². The van der Waals surface area contributed by atoms with E-state index in [4.69, 9.17) is 0 Å². The van der Waals surface area contributed by atoms with Crippen LogP contribution in [0, 0.1) is 5.92 Å². The van der Waals surface area contributed by atoms with Crippen molar-refractivity contribution in [1.82, 2.24) is 10.3 Å². The molecule has 0 amide bonds. The summed E-state index contributed by atoms with van der Waals surface area (Å²) >= 11 is 2.02. The van der Waals surface area contributed by atoms with Crippen molar-refractivity contribution in [1.29, 1.82) is 0 Å². The molecule has 0 aliphatic carbocycles. The van der Waals surface area contributed by atoms with Gasteiger partial charge >= 0.3 is 0 Å². The van der Waals surface area contributed by atoms with Gasteiger partial charge in [0.1, 0.15) is 0 Å². The minimum atomic E-state index is 0.377. The van der Waals surface area contributed by atoms with E-state index in [-0.39, 0.29) is 0 Å². The highest BCUT2D eigenvalue weighted by atomic mass is 32.2. The first kappa shape index (κ1) is 15.3. The molecule has 108 valence electrons. The third kappa shape index (κ3) is 3.97. The molecular formula is C17H24N2S. The van der Waals surface area contributed by atoms with Crippen molar-refractivity contribution in [3.05, 3.63) is 42.2 Å². The molecule has 3 heteroatoms. The highest BCUT2D eigenvalue weighted by Crippen LogP contribution is 2.26. The molecule has 0 fully saturated rings. The molecule has 0 saturated heterocycles. The van der Waals surface area contributed by atoms with Crippen LogP contribution in [0.25, 0.3) is 10.8 Å². The van der Waals surface area contributed by atoms with Gasteiger partial charge in [0.05, 0.1) is 0 Å². The summed E-state index contributed by atoms with van der Waals surface area (Å²) in [6.45, 7) is 7.69. The fraction of sp³-hybridized carbons (Fsp3) is 0.471. The molecule has 1 aromatic heterocycles. The number of pyridine rings is 1. The topological polar surface area (TPSA) is 24.9 Å². The van der Waals surface area contributed by atoms with Crippen molar-refractivity contribution in [2.45, 2.75) is 26.8 Å². The van der Waals surface area contributed by atoms with E-state index in [1.807, 2.05) is 24.2 Å². The number of benzene rings is 1. The first-order valence-electron chi connectivity index (χ1n) is 7.36. The van der Waals surface area contributed by atoms with Crippen molar-refractivity contribution in [3.63, 3.8) is 0 Å². The van der Waals surface area contributed by atoms with E-state index in [2.05, 4.69) is 55.3 Å². The third-order valence-corrected chi connectivity index (χ3v) is 4.73. The predicted octanol–water partition coefficient (Wildman–Crippen LogP) is 4.27. The maximum absolute atomic E-state index is 4.41. The molecule has 2 aromatic rings. The molecule has 1 aromatic carbocycles. The van der Waals surface area contributed by atoms with Crippen LogP contribution >= 0.6 is 11.8 Å². The van der Waals surface area contributed by atoms with E-state index in [1.54, 1.807) is 0 Å². The van der Waals surface area contributed by atoms with Gasteiger partial charge in [-0.1, -0.05) is 45.0 Å². The SMILES string of the molecule is CCNC(CSCC(C)C)c1cncc2ccccc12. The smallest absolute Gasteiger partial charge is 0.0433 e. The van der Waals surface area contributed by atoms with Crippen LogP contribution in [0.15, 0.2) is 36.7 Å². The van der Waals surface area contributed by atoms with Gasteiger partial charge in [0.15, 0.2) is 0 Å². The summed E-state index contributed by atoms with van der Waals surface area (Å²) in [6, 6.07) is 8.89. The molecule has 0 aliphatic rings. The summed E-state index contributed by atoms with van der Waals surface area (Å²) < 4.78 is 0. The van der Waals surface area contributed by atoms with Crippen LogP contribution in [0.2, 0.25) is 0 Å². The summed E-state index contributed by atoms with van der Waals surface area (Å²) in [5, 5.41) is 6.15. The summed E-state index contributed by atoms with van der Waals surface area (Å²) in [7, 11) is 0. The molecule has 0 spiro atoms. The number of nitrogens with one attached hydrogen (secondary N) is 1. The van der Waals surface area contributed by atoms with Crippen LogP contribution in [0.3, 0.4) is 0 Å². The largest absolute Gasteiger partial charge is 0.309 e. The molecule has 1 atom stereocenters. The number of rotatable bonds is 7. The maximum atomic E-state index is 4.41. The Balaban J connectivity index is 2.22. The normalized spacial score (nSPS) is 13.0. The van der Waals surface area contributed by atoms with E-state index in [0.717, 1.165) is 18.2 Å². The zero-order valence-electron chi connectivity index (χ0n) is 12.6. The Morgan fingerprint density at radius 3 is 2.70 bits per heavy atom. The second-order valence-corrected chi connectivity index (χ2v) is 6.57. The first-order chi connectivity index (χ1) is 9.72. The van der Waals surface area contributed by atoms with Gasteiger partial charge in [-0.3, -0.25) is 4.98 Å². The molecule has 2 rings (SSSR count). The minimum absolute atomic E-state index is 0.377. The number of hydrogen-bond acceptors (Lipinski definition) is 3. The molecule has 0 saturated carbocycles. The second kappa shape index (κ2) is 7.65. The Morgan fingerprint density at radius 2 is 1.95 bits per heavy atom. The standard InChI is InChI=1S/C17H24N2S/c1-4-19-17(12-20-11-13(2)3)16-10-18-9-14-7-5-6-8-15(14)16/h5-10,13,17,19H,4,11-12H2,1-3H3. The van der Waals surface area contributed by atoms with Gasteiger partial charge in [-0.05, 0) is 29.2 Å². The Labute approximate surface area is 126 Å². The van der Waals surface area contributed by atoms with E-state index in [1.165, 1.54) is 22.1 Å². The van der Waals surface area contributed by atoms with Crippen LogP contribution in [-0.4, -0.2) is 23.0 Å². The van der Waals surface area contributed by atoms with Gasteiger partial charge in [0.2, 0.25) is 0 Å². The number of nitrogens with zero attached hydrogens (tertiary/aromatic N) is 1. The van der Waals surface area contributed by atoms with Crippen molar-refractivity contribution < 1.29 is 0 Å². The van der Waals surface area contributed by atoms with Crippen molar-refractivity contribution >= 4 is 22.5 Å². The molecule has 0 radical (unpaired) electrons. The number of hydrogen-bond donors (Lipinski definition) is 1. The number of fused-ring (bicyclic) bond motifs is 1. The molecule has 1 N–H and O–H groups in total. The lowest BCUT2D eigenvalue weighted by molar-refractivity contribution is 0.607. The molecule has 2 nitrogen and oxygen atoms in total. The fourth-order valence-electron chi connectivity index (χ4n) is 2.34. The summed E-state index contributed by atoms with van der Waals surface area (Å²) in [5.74, 6) is 3.05. The zero-order valence-corrected chi connectivity index (χ0v) is 13.4. The molecule has 1 unspecified atom stereocenters. The average molecular weight is 288 g/mol. The van der Waals surface area contributed by atoms with Crippen LogP contribution in [0.5, 0.6) is 0 Å². The van der Waals surface area contributed by atoms with Gasteiger partial charge in [0.25, 0.3) is 0 Å². The Kier molecular flexibility index (Phi) is 5.86.